The molecule has 4 rings (SSSR count). The van der Waals surface area contributed by atoms with Crippen LogP contribution in [0.1, 0.15) is 31.4 Å². The molecule has 3 aliphatic rings. The Labute approximate surface area is 126 Å². The highest BCUT2D eigenvalue weighted by molar-refractivity contribution is 5.91. The van der Waals surface area contributed by atoms with Crippen LogP contribution in [0.3, 0.4) is 0 Å². The first-order chi connectivity index (χ1) is 10.4. The molecular weight excluding hydrogens is 295 g/mol. The third-order valence-electron chi connectivity index (χ3n) is 4.93. The summed E-state index contributed by atoms with van der Waals surface area (Å²) in [5.74, 6) is -3.70. The highest BCUT2D eigenvalue weighted by Gasteiger charge is 2.58. The van der Waals surface area contributed by atoms with Gasteiger partial charge in [-0.1, -0.05) is 0 Å². The van der Waals surface area contributed by atoms with Crippen LogP contribution >= 0.6 is 0 Å². The number of carbonyl (C=O) groups excluding carboxylic acids is 1. The Bertz CT molecular complexity index is 567. The molecule has 22 heavy (non-hydrogen) atoms. The molecule has 3 fully saturated rings. The van der Waals surface area contributed by atoms with Crippen LogP contribution in [-0.4, -0.2) is 22.1 Å². The van der Waals surface area contributed by atoms with Gasteiger partial charge in [-0.25, -0.2) is 9.97 Å². The average molecular weight is 313 g/mol. The quantitative estimate of drug-likeness (QED) is 0.911. The van der Waals surface area contributed by atoms with Gasteiger partial charge in [-0.05, 0) is 50.5 Å². The number of rotatable bonds is 2. The van der Waals surface area contributed by atoms with Gasteiger partial charge in [0.05, 0.1) is 11.8 Å². The van der Waals surface area contributed by atoms with Crippen molar-refractivity contribution >= 4 is 11.9 Å². The number of aryl methyl sites for hydroxylation is 1. The minimum Gasteiger partial charge on any atom is -0.294 e. The largest absolute Gasteiger partial charge is 0.392 e. The van der Waals surface area contributed by atoms with Gasteiger partial charge in [0, 0.05) is 11.9 Å². The summed E-state index contributed by atoms with van der Waals surface area (Å²) in [4.78, 5) is 20.4. The van der Waals surface area contributed by atoms with E-state index in [0.717, 1.165) is 0 Å². The molecule has 1 aromatic rings. The van der Waals surface area contributed by atoms with Crippen LogP contribution in [-0.2, 0) is 4.79 Å². The van der Waals surface area contributed by atoms with E-state index in [-0.39, 0.29) is 11.9 Å². The minimum absolute atomic E-state index is 0.0763. The van der Waals surface area contributed by atoms with E-state index in [2.05, 4.69) is 15.3 Å². The molecule has 4 nitrogen and oxygen atoms in total. The molecule has 1 amide bonds. The number of anilines is 1. The number of hydrogen-bond donors (Lipinski definition) is 1. The minimum atomic E-state index is -4.33. The SMILES string of the molecule is Cc1ccnc(NC(=O)[C@H]2C3CCC(CC3)[C@@H]2C(F)(F)F)n1. The van der Waals surface area contributed by atoms with Crippen molar-refractivity contribution in [3.05, 3.63) is 18.0 Å². The molecule has 0 aliphatic heterocycles. The fourth-order valence-electron chi connectivity index (χ4n) is 4.00. The van der Waals surface area contributed by atoms with Crippen LogP contribution in [0.4, 0.5) is 19.1 Å². The number of alkyl halides is 3. The zero-order valence-corrected chi connectivity index (χ0v) is 12.2. The van der Waals surface area contributed by atoms with Gasteiger partial charge in [-0.2, -0.15) is 13.2 Å². The highest BCUT2D eigenvalue weighted by atomic mass is 19.4. The monoisotopic (exact) mass is 313 g/mol. The van der Waals surface area contributed by atoms with Gasteiger partial charge in [0.25, 0.3) is 0 Å². The summed E-state index contributed by atoms with van der Waals surface area (Å²) in [6.45, 7) is 1.73. The number of fused-ring (bicyclic) bond motifs is 3. The number of hydrogen-bond acceptors (Lipinski definition) is 3. The summed E-state index contributed by atoms with van der Waals surface area (Å²) in [6, 6.07) is 1.66. The van der Waals surface area contributed by atoms with E-state index in [0.29, 0.717) is 31.4 Å². The summed E-state index contributed by atoms with van der Waals surface area (Å²) in [7, 11) is 0. The molecule has 0 aromatic carbocycles. The van der Waals surface area contributed by atoms with Crippen LogP contribution in [0.5, 0.6) is 0 Å². The van der Waals surface area contributed by atoms with E-state index in [1.165, 1.54) is 6.20 Å². The number of carbonyl (C=O) groups is 1. The summed E-state index contributed by atoms with van der Waals surface area (Å²) in [6.07, 6.45) is -0.321. The highest BCUT2D eigenvalue weighted by Crippen LogP contribution is 2.54. The van der Waals surface area contributed by atoms with Crippen molar-refractivity contribution < 1.29 is 18.0 Å². The second-order valence-electron chi connectivity index (χ2n) is 6.28. The van der Waals surface area contributed by atoms with Crippen LogP contribution < -0.4 is 5.32 Å². The first-order valence-electron chi connectivity index (χ1n) is 7.53. The molecule has 3 aliphatic carbocycles. The molecule has 0 saturated heterocycles. The molecule has 3 saturated carbocycles. The second kappa shape index (κ2) is 5.52. The van der Waals surface area contributed by atoms with E-state index in [1.807, 2.05) is 0 Å². The lowest BCUT2D eigenvalue weighted by Gasteiger charge is -2.48. The van der Waals surface area contributed by atoms with Crippen molar-refractivity contribution in [2.75, 3.05) is 5.32 Å². The van der Waals surface area contributed by atoms with Crippen molar-refractivity contribution in [2.24, 2.45) is 23.7 Å². The molecule has 120 valence electrons. The first-order valence-corrected chi connectivity index (χ1v) is 7.53. The molecule has 2 bridgehead atoms. The van der Waals surface area contributed by atoms with Crippen molar-refractivity contribution in [1.82, 2.24) is 9.97 Å². The Hall–Kier alpha value is -1.66. The number of nitrogens with zero attached hydrogens (tertiary/aromatic N) is 2. The Morgan fingerprint density at radius 1 is 1.23 bits per heavy atom. The van der Waals surface area contributed by atoms with E-state index in [9.17, 15) is 18.0 Å². The fraction of sp³-hybridized carbons (Fsp3) is 0.667. The van der Waals surface area contributed by atoms with Gasteiger partial charge in [-0.3, -0.25) is 10.1 Å². The third-order valence-corrected chi connectivity index (χ3v) is 4.93. The standard InChI is InChI=1S/C15H18F3N3O/c1-8-6-7-19-14(20-8)21-13(22)11-9-2-4-10(5-3-9)12(11)15(16,17)18/h6-7,9-12H,2-5H2,1H3,(H,19,20,21,22)/t9?,10?,11-,12-/m0/s1. The van der Waals surface area contributed by atoms with E-state index >= 15 is 0 Å². The fourth-order valence-corrected chi connectivity index (χ4v) is 4.00. The zero-order chi connectivity index (χ0) is 15.9. The predicted molar refractivity (Wildman–Crippen MR) is 73.9 cm³/mol. The average Bonchev–Trinajstić information content (AvgIpc) is 2.46. The van der Waals surface area contributed by atoms with E-state index in [4.69, 9.17) is 0 Å². The molecular formula is C15H18F3N3O. The van der Waals surface area contributed by atoms with Gasteiger partial charge in [-0.15, -0.1) is 0 Å². The smallest absolute Gasteiger partial charge is 0.294 e. The third kappa shape index (κ3) is 2.80. The topological polar surface area (TPSA) is 54.9 Å². The van der Waals surface area contributed by atoms with E-state index < -0.39 is 29.8 Å². The lowest BCUT2D eigenvalue weighted by molar-refractivity contribution is -0.227. The predicted octanol–water partition coefficient (Wildman–Crippen LogP) is 3.34. The van der Waals surface area contributed by atoms with Gasteiger partial charge in [0.1, 0.15) is 0 Å². The first kappa shape index (κ1) is 15.2. The van der Waals surface area contributed by atoms with Crippen molar-refractivity contribution in [3.63, 3.8) is 0 Å². The summed E-state index contributed by atoms with van der Waals surface area (Å²) < 4.78 is 40.2. The van der Waals surface area contributed by atoms with Crippen molar-refractivity contribution in [2.45, 2.75) is 38.8 Å². The van der Waals surface area contributed by atoms with E-state index in [1.54, 1.807) is 13.0 Å². The summed E-state index contributed by atoms with van der Waals surface area (Å²) in [5.41, 5.74) is 0.655. The Morgan fingerprint density at radius 2 is 1.86 bits per heavy atom. The lowest BCUT2D eigenvalue weighted by Crippen LogP contribution is -2.51. The Balaban J connectivity index is 1.83. The number of aromatic nitrogens is 2. The van der Waals surface area contributed by atoms with Gasteiger partial charge in [0.2, 0.25) is 11.9 Å². The molecule has 1 N–H and O–H groups in total. The van der Waals surface area contributed by atoms with Crippen LogP contribution in [0.15, 0.2) is 12.3 Å². The number of amides is 1. The molecule has 0 unspecified atom stereocenters. The van der Waals surface area contributed by atoms with Gasteiger partial charge in [0.15, 0.2) is 0 Å². The Morgan fingerprint density at radius 3 is 2.45 bits per heavy atom. The normalized spacial score (nSPS) is 31.1. The molecule has 7 heteroatoms. The maximum Gasteiger partial charge on any atom is 0.392 e. The molecule has 0 radical (unpaired) electrons. The Kier molecular flexibility index (Phi) is 3.82. The zero-order valence-electron chi connectivity index (χ0n) is 12.2. The molecule has 1 heterocycles. The summed E-state index contributed by atoms with van der Waals surface area (Å²) >= 11 is 0. The van der Waals surface area contributed by atoms with Gasteiger partial charge < -0.3 is 0 Å². The van der Waals surface area contributed by atoms with Gasteiger partial charge >= 0.3 is 6.18 Å². The maximum absolute atomic E-state index is 13.4. The molecule has 2 atom stereocenters. The summed E-state index contributed by atoms with van der Waals surface area (Å²) in [5, 5.41) is 2.48. The maximum atomic E-state index is 13.4. The molecule has 1 aromatic heterocycles. The van der Waals surface area contributed by atoms with Crippen LogP contribution in [0, 0.1) is 30.6 Å². The van der Waals surface area contributed by atoms with Crippen LogP contribution in [0.25, 0.3) is 0 Å². The number of halogens is 3. The lowest BCUT2D eigenvalue weighted by atomic mass is 9.58. The number of nitrogens with one attached hydrogen (secondary N) is 1. The van der Waals surface area contributed by atoms with Crippen LogP contribution in [0.2, 0.25) is 0 Å². The van der Waals surface area contributed by atoms with Crippen molar-refractivity contribution in [3.8, 4) is 0 Å². The van der Waals surface area contributed by atoms with Crippen molar-refractivity contribution in [1.29, 1.82) is 0 Å². The second-order valence-corrected chi connectivity index (χ2v) is 6.28. The molecule has 0 spiro atoms.